The lowest BCUT2D eigenvalue weighted by molar-refractivity contribution is 0.906. The van der Waals surface area contributed by atoms with Crippen LogP contribution in [0.2, 0.25) is 0 Å². The second-order valence-electron chi connectivity index (χ2n) is 4.70. The quantitative estimate of drug-likeness (QED) is 0.734. The van der Waals surface area contributed by atoms with Crippen LogP contribution in [-0.2, 0) is 6.54 Å². The van der Waals surface area contributed by atoms with Crippen molar-refractivity contribution in [2.75, 3.05) is 4.90 Å². The summed E-state index contributed by atoms with van der Waals surface area (Å²) in [5.41, 5.74) is 2.42. The Balaban J connectivity index is 1.95. The maximum atomic E-state index is 4.36. The molecule has 0 aliphatic rings. The topological polar surface area (TPSA) is 54.8 Å². The third kappa shape index (κ3) is 3.20. The third-order valence-corrected chi connectivity index (χ3v) is 3.11. The molecule has 5 nitrogen and oxygen atoms in total. The Hall–Kier alpha value is -2.82. The van der Waals surface area contributed by atoms with Gasteiger partial charge in [-0.25, -0.2) is 9.97 Å². The molecule has 21 heavy (non-hydrogen) atoms. The summed E-state index contributed by atoms with van der Waals surface area (Å²) < 4.78 is 0. The normalized spacial score (nSPS) is 10.3. The van der Waals surface area contributed by atoms with E-state index in [2.05, 4.69) is 51.1 Å². The molecule has 104 valence electrons. The van der Waals surface area contributed by atoms with Gasteiger partial charge in [0.1, 0.15) is 0 Å². The fraction of sp³-hybridized carbons (Fsp3) is 0.125. The van der Waals surface area contributed by atoms with Gasteiger partial charge in [0.2, 0.25) is 0 Å². The molecule has 0 radical (unpaired) electrons. The number of anilines is 2. The van der Waals surface area contributed by atoms with Crippen LogP contribution in [0.25, 0.3) is 0 Å². The van der Waals surface area contributed by atoms with Gasteiger partial charge in [0.25, 0.3) is 0 Å². The van der Waals surface area contributed by atoms with Gasteiger partial charge in [-0.05, 0) is 12.5 Å². The molecule has 0 amide bonds. The Labute approximate surface area is 123 Å². The fourth-order valence-electron chi connectivity index (χ4n) is 2.02. The van der Waals surface area contributed by atoms with E-state index in [0.29, 0.717) is 6.54 Å². The molecular formula is C16H15N5. The highest BCUT2D eigenvalue weighted by molar-refractivity contribution is 5.54. The van der Waals surface area contributed by atoms with Gasteiger partial charge in [0, 0.05) is 24.8 Å². The van der Waals surface area contributed by atoms with Crippen molar-refractivity contribution in [2.24, 2.45) is 0 Å². The van der Waals surface area contributed by atoms with Crippen LogP contribution in [0.1, 0.15) is 11.1 Å². The zero-order valence-corrected chi connectivity index (χ0v) is 11.7. The van der Waals surface area contributed by atoms with E-state index in [1.165, 1.54) is 11.1 Å². The maximum Gasteiger partial charge on any atom is 0.153 e. The number of nitrogens with zero attached hydrogens (tertiary/aromatic N) is 5. The summed E-state index contributed by atoms with van der Waals surface area (Å²) in [6, 6.07) is 8.41. The fourth-order valence-corrected chi connectivity index (χ4v) is 2.02. The molecule has 0 unspecified atom stereocenters. The van der Waals surface area contributed by atoms with Crippen molar-refractivity contribution in [3.8, 4) is 0 Å². The molecule has 3 rings (SSSR count). The Morgan fingerprint density at radius 1 is 0.810 bits per heavy atom. The summed E-state index contributed by atoms with van der Waals surface area (Å²) >= 11 is 0. The molecule has 3 aromatic rings. The second kappa shape index (κ2) is 6.09. The van der Waals surface area contributed by atoms with Gasteiger partial charge in [0.15, 0.2) is 11.6 Å². The number of aromatic nitrogens is 4. The van der Waals surface area contributed by atoms with E-state index < -0.39 is 0 Å². The second-order valence-corrected chi connectivity index (χ2v) is 4.70. The molecule has 0 fully saturated rings. The lowest BCUT2D eigenvalue weighted by Crippen LogP contribution is -2.19. The molecule has 2 aromatic heterocycles. The molecule has 0 aliphatic heterocycles. The van der Waals surface area contributed by atoms with Crippen molar-refractivity contribution < 1.29 is 0 Å². The summed E-state index contributed by atoms with van der Waals surface area (Å²) in [5, 5.41) is 0. The van der Waals surface area contributed by atoms with Gasteiger partial charge in [-0.1, -0.05) is 29.8 Å². The van der Waals surface area contributed by atoms with Crippen LogP contribution < -0.4 is 4.90 Å². The summed E-state index contributed by atoms with van der Waals surface area (Å²) in [4.78, 5) is 19.0. The van der Waals surface area contributed by atoms with E-state index in [0.717, 1.165) is 11.6 Å². The first-order valence-corrected chi connectivity index (χ1v) is 6.68. The number of hydrogen-bond acceptors (Lipinski definition) is 5. The molecule has 2 heterocycles. The minimum Gasteiger partial charge on any atom is -0.304 e. The lowest BCUT2D eigenvalue weighted by Gasteiger charge is -2.22. The molecule has 0 aliphatic carbocycles. The highest BCUT2D eigenvalue weighted by Crippen LogP contribution is 2.22. The van der Waals surface area contributed by atoms with Gasteiger partial charge >= 0.3 is 0 Å². The molecule has 0 bridgehead atoms. The van der Waals surface area contributed by atoms with Gasteiger partial charge in [0.05, 0.1) is 18.9 Å². The Bertz CT molecular complexity index is 643. The Kier molecular flexibility index (Phi) is 3.82. The summed E-state index contributed by atoms with van der Waals surface area (Å²) in [5.74, 6) is 1.50. The minimum atomic E-state index is 0.664. The van der Waals surface area contributed by atoms with E-state index in [4.69, 9.17) is 0 Å². The van der Waals surface area contributed by atoms with Crippen molar-refractivity contribution in [3.63, 3.8) is 0 Å². The number of hydrogen-bond donors (Lipinski definition) is 0. The Morgan fingerprint density at radius 2 is 1.38 bits per heavy atom. The van der Waals surface area contributed by atoms with Crippen molar-refractivity contribution in [3.05, 3.63) is 72.6 Å². The third-order valence-electron chi connectivity index (χ3n) is 3.11. The molecule has 0 atom stereocenters. The monoisotopic (exact) mass is 277 g/mol. The van der Waals surface area contributed by atoms with Crippen LogP contribution in [0.15, 0.2) is 61.4 Å². The van der Waals surface area contributed by atoms with E-state index in [1.54, 1.807) is 37.2 Å². The van der Waals surface area contributed by atoms with Crippen LogP contribution in [0.5, 0.6) is 0 Å². The first-order chi connectivity index (χ1) is 10.3. The Morgan fingerprint density at radius 3 is 1.86 bits per heavy atom. The molecule has 1 aromatic carbocycles. The summed E-state index contributed by atoms with van der Waals surface area (Å²) in [7, 11) is 0. The smallest absolute Gasteiger partial charge is 0.153 e. The largest absolute Gasteiger partial charge is 0.304 e. The number of benzene rings is 1. The maximum absolute atomic E-state index is 4.36. The standard InChI is InChI=1S/C16H15N5/c1-13-2-4-14(5-3-13)12-21(15-10-17-6-8-19-15)16-11-18-7-9-20-16/h2-11H,12H2,1H3. The highest BCUT2D eigenvalue weighted by Gasteiger charge is 2.12. The first-order valence-electron chi connectivity index (χ1n) is 6.68. The highest BCUT2D eigenvalue weighted by atomic mass is 15.2. The zero-order valence-electron chi connectivity index (χ0n) is 11.7. The van der Waals surface area contributed by atoms with E-state index >= 15 is 0 Å². The van der Waals surface area contributed by atoms with Gasteiger partial charge in [-0.2, -0.15) is 0 Å². The summed E-state index contributed by atoms with van der Waals surface area (Å²) in [6.07, 6.45) is 10.1. The van der Waals surface area contributed by atoms with Crippen LogP contribution in [0.3, 0.4) is 0 Å². The molecule has 0 spiro atoms. The molecule has 5 heteroatoms. The van der Waals surface area contributed by atoms with Gasteiger partial charge in [-0.15, -0.1) is 0 Å². The predicted molar refractivity (Wildman–Crippen MR) is 81.1 cm³/mol. The van der Waals surface area contributed by atoms with Crippen molar-refractivity contribution in [2.45, 2.75) is 13.5 Å². The predicted octanol–water partition coefficient (Wildman–Crippen LogP) is 2.91. The van der Waals surface area contributed by atoms with E-state index in [-0.39, 0.29) is 0 Å². The van der Waals surface area contributed by atoms with Gasteiger partial charge < -0.3 is 4.90 Å². The molecule has 0 N–H and O–H groups in total. The van der Waals surface area contributed by atoms with E-state index in [9.17, 15) is 0 Å². The molecular weight excluding hydrogens is 262 g/mol. The summed E-state index contributed by atoms with van der Waals surface area (Å²) in [6.45, 7) is 2.74. The zero-order chi connectivity index (χ0) is 14.5. The van der Waals surface area contributed by atoms with Crippen LogP contribution in [0.4, 0.5) is 11.6 Å². The average Bonchev–Trinajstić information content (AvgIpc) is 2.56. The molecule has 0 saturated carbocycles. The lowest BCUT2D eigenvalue weighted by atomic mass is 10.1. The number of rotatable bonds is 4. The van der Waals surface area contributed by atoms with E-state index in [1.807, 2.05) is 4.90 Å². The average molecular weight is 277 g/mol. The first kappa shape index (κ1) is 13.2. The van der Waals surface area contributed by atoms with Crippen LogP contribution in [-0.4, -0.2) is 19.9 Å². The van der Waals surface area contributed by atoms with Crippen LogP contribution in [0, 0.1) is 6.92 Å². The minimum absolute atomic E-state index is 0.664. The van der Waals surface area contributed by atoms with Crippen molar-refractivity contribution >= 4 is 11.6 Å². The molecule has 0 saturated heterocycles. The van der Waals surface area contributed by atoms with Crippen molar-refractivity contribution in [1.82, 2.24) is 19.9 Å². The van der Waals surface area contributed by atoms with Gasteiger partial charge in [-0.3, -0.25) is 9.97 Å². The van der Waals surface area contributed by atoms with Crippen LogP contribution >= 0.6 is 0 Å². The SMILES string of the molecule is Cc1ccc(CN(c2cnccn2)c2cnccn2)cc1. The number of aryl methyl sites for hydroxylation is 1. The van der Waals surface area contributed by atoms with Crippen molar-refractivity contribution in [1.29, 1.82) is 0 Å².